The van der Waals surface area contributed by atoms with Gasteiger partial charge < -0.3 is 14.6 Å². The Kier molecular flexibility index (Phi) is 3.38. The molecule has 1 atom stereocenters. The molecule has 2 fully saturated rings. The van der Waals surface area contributed by atoms with E-state index in [1.807, 2.05) is 6.92 Å². The number of aliphatic hydroxyl groups is 1. The quantitative estimate of drug-likeness (QED) is 0.690. The summed E-state index contributed by atoms with van der Waals surface area (Å²) in [6.45, 7) is 5.75. The van der Waals surface area contributed by atoms with Crippen LogP contribution in [0.5, 0.6) is 0 Å². The third kappa shape index (κ3) is 2.08. The van der Waals surface area contributed by atoms with Crippen molar-refractivity contribution in [1.29, 1.82) is 0 Å². The number of ether oxygens (including phenoxy) is 2. The maximum absolute atomic E-state index is 9.64. The van der Waals surface area contributed by atoms with Crippen LogP contribution in [0.4, 0.5) is 0 Å². The summed E-state index contributed by atoms with van der Waals surface area (Å²) in [6.07, 6.45) is 0.605. The minimum atomic E-state index is -0.212. The first kappa shape index (κ1) is 10.4. The minimum Gasteiger partial charge on any atom is -0.392 e. The number of morpholine rings is 2. The predicted molar refractivity (Wildman–Crippen MR) is 52.2 cm³/mol. The molecule has 0 unspecified atom stereocenters. The van der Waals surface area contributed by atoms with Crippen molar-refractivity contribution in [2.45, 2.75) is 31.5 Å². The summed E-state index contributed by atoms with van der Waals surface area (Å²) < 4.78 is 11.0. The van der Waals surface area contributed by atoms with Crippen LogP contribution in [0, 0.1) is 0 Å². The van der Waals surface area contributed by atoms with Crippen molar-refractivity contribution >= 4 is 0 Å². The number of rotatable bonds is 3. The SMILES string of the molecule is CC[C@@H](O)CN1C2COCC1COC2. The van der Waals surface area contributed by atoms with E-state index < -0.39 is 0 Å². The second-order valence-electron chi connectivity index (χ2n) is 4.14. The molecule has 0 saturated carbocycles. The molecule has 0 aromatic carbocycles. The highest BCUT2D eigenvalue weighted by molar-refractivity contribution is 4.87. The molecule has 0 aliphatic carbocycles. The highest BCUT2D eigenvalue weighted by atomic mass is 16.5. The largest absolute Gasteiger partial charge is 0.392 e. The van der Waals surface area contributed by atoms with E-state index in [2.05, 4.69) is 4.90 Å². The number of hydrogen-bond acceptors (Lipinski definition) is 4. The topological polar surface area (TPSA) is 41.9 Å². The molecule has 0 radical (unpaired) electrons. The van der Waals surface area contributed by atoms with Crippen LogP contribution in [-0.4, -0.2) is 61.2 Å². The molecule has 0 spiro atoms. The van der Waals surface area contributed by atoms with E-state index >= 15 is 0 Å². The van der Waals surface area contributed by atoms with Gasteiger partial charge in [-0.25, -0.2) is 0 Å². The van der Waals surface area contributed by atoms with Crippen molar-refractivity contribution in [3.05, 3.63) is 0 Å². The first-order chi connectivity index (χ1) is 6.81. The van der Waals surface area contributed by atoms with Crippen molar-refractivity contribution < 1.29 is 14.6 Å². The van der Waals surface area contributed by atoms with Gasteiger partial charge in [0.25, 0.3) is 0 Å². The zero-order valence-electron chi connectivity index (χ0n) is 8.69. The lowest BCUT2D eigenvalue weighted by Crippen LogP contribution is -2.61. The van der Waals surface area contributed by atoms with Crippen LogP contribution >= 0.6 is 0 Å². The van der Waals surface area contributed by atoms with E-state index in [0.717, 1.165) is 39.4 Å². The fourth-order valence-corrected chi connectivity index (χ4v) is 2.13. The van der Waals surface area contributed by atoms with Crippen LogP contribution in [0.3, 0.4) is 0 Å². The predicted octanol–water partition coefficient (Wildman–Crippen LogP) is -0.143. The second kappa shape index (κ2) is 4.57. The molecule has 0 aromatic rings. The van der Waals surface area contributed by atoms with Gasteiger partial charge in [-0.05, 0) is 6.42 Å². The summed E-state index contributed by atoms with van der Waals surface area (Å²) in [5, 5.41) is 9.64. The number of hydrogen-bond donors (Lipinski definition) is 1. The number of nitrogens with zero attached hydrogens (tertiary/aromatic N) is 1. The molecule has 0 aromatic heterocycles. The summed E-state index contributed by atoms with van der Waals surface area (Å²) in [4.78, 5) is 2.35. The van der Waals surface area contributed by atoms with Crippen molar-refractivity contribution in [1.82, 2.24) is 4.90 Å². The lowest BCUT2D eigenvalue weighted by Gasteiger charge is -2.46. The van der Waals surface area contributed by atoms with Crippen LogP contribution in [0.2, 0.25) is 0 Å². The van der Waals surface area contributed by atoms with E-state index in [1.165, 1.54) is 0 Å². The van der Waals surface area contributed by atoms with Gasteiger partial charge in [0.1, 0.15) is 0 Å². The molecule has 2 saturated heterocycles. The maximum Gasteiger partial charge on any atom is 0.0664 e. The van der Waals surface area contributed by atoms with Gasteiger partial charge in [0.15, 0.2) is 0 Å². The average molecular weight is 201 g/mol. The monoisotopic (exact) mass is 201 g/mol. The van der Waals surface area contributed by atoms with Gasteiger partial charge in [0, 0.05) is 6.54 Å². The van der Waals surface area contributed by atoms with Crippen molar-refractivity contribution in [2.24, 2.45) is 0 Å². The van der Waals surface area contributed by atoms with E-state index in [4.69, 9.17) is 9.47 Å². The van der Waals surface area contributed by atoms with Crippen LogP contribution in [0.15, 0.2) is 0 Å². The van der Waals surface area contributed by atoms with E-state index in [1.54, 1.807) is 0 Å². The van der Waals surface area contributed by atoms with Gasteiger partial charge in [-0.15, -0.1) is 0 Å². The van der Waals surface area contributed by atoms with Gasteiger partial charge in [-0.1, -0.05) is 6.92 Å². The first-order valence-electron chi connectivity index (χ1n) is 5.40. The van der Waals surface area contributed by atoms with E-state index in [9.17, 15) is 5.11 Å². The third-order valence-electron chi connectivity index (χ3n) is 3.07. The molecule has 2 rings (SSSR count). The molecule has 0 amide bonds. The average Bonchev–Trinajstić information content (AvgIpc) is 2.17. The Labute approximate surface area is 84.8 Å². The van der Waals surface area contributed by atoms with E-state index in [0.29, 0.717) is 12.1 Å². The van der Waals surface area contributed by atoms with Gasteiger partial charge >= 0.3 is 0 Å². The fourth-order valence-electron chi connectivity index (χ4n) is 2.13. The van der Waals surface area contributed by atoms with Gasteiger partial charge in [0.2, 0.25) is 0 Å². The first-order valence-corrected chi connectivity index (χ1v) is 5.40. The Morgan fingerprint density at radius 2 is 1.71 bits per heavy atom. The van der Waals surface area contributed by atoms with Crippen LogP contribution in [0.25, 0.3) is 0 Å². The highest BCUT2D eigenvalue weighted by Crippen LogP contribution is 2.19. The van der Waals surface area contributed by atoms with Crippen LogP contribution in [0.1, 0.15) is 13.3 Å². The molecule has 2 heterocycles. The summed E-state index contributed by atoms with van der Waals surface area (Å²) >= 11 is 0. The zero-order valence-corrected chi connectivity index (χ0v) is 8.69. The van der Waals surface area contributed by atoms with Crippen LogP contribution < -0.4 is 0 Å². The Morgan fingerprint density at radius 1 is 1.21 bits per heavy atom. The van der Waals surface area contributed by atoms with Gasteiger partial charge in [-0.2, -0.15) is 0 Å². The maximum atomic E-state index is 9.64. The standard InChI is InChI=1S/C10H19NO3/c1-2-10(12)3-11-8-4-13-6-9(11)7-14-5-8/h8-10,12H,2-7H2,1H3/t8?,9?,10-/m1/s1. The molecular weight excluding hydrogens is 182 g/mol. The number of fused-ring (bicyclic) bond motifs is 2. The molecule has 1 N–H and O–H groups in total. The Hall–Kier alpha value is -0.160. The van der Waals surface area contributed by atoms with Crippen molar-refractivity contribution in [2.75, 3.05) is 33.0 Å². The second-order valence-corrected chi connectivity index (χ2v) is 4.14. The minimum absolute atomic E-state index is 0.212. The highest BCUT2D eigenvalue weighted by Gasteiger charge is 2.35. The lowest BCUT2D eigenvalue weighted by molar-refractivity contribution is -0.145. The van der Waals surface area contributed by atoms with Crippen LogP contribution in [-0.2, 0) is 9.47 Å². The zero-order chi connectivity index (χ0) is 9.97. The normalized spacial score (nSPS) is 35.6. The number of aliphatic hydroxyl groups excluding tert-OH is 1. The molecule has 2 aliphatic rings. The third-order valence-corrected chi connectivity index (χ3v) is 3.07. The Bertz CT molecular complexity index is 166. The van der Waals surface area contributed by atoms with Crippen molar-refractivity contribution in [3.8, 4) is 0 Å². The van der Waals surface area contributed by atoms with E-state index in [-0.39, 0.29) is 6.10 Å². The molecular formula is C10H19NO3. The summed E-state index contributed by atoms with van der Waals surface area (Å²) in [6, 6.07) is 0.701. The fraction of sp³-hybridized carbons (Fsp3) is 1.00. The molecule has 4 nitrogen and oxygen atoms in total. The lowest BCUT2D eigenvalue weighted by atomic mass is 10.1. The molecule has 2 aliphatic heterocycles. The molecule has 4 heteroatoms. The van der Waals surface area contributed by atoms with Gasteiger partial charge in [0.05, 0.1) is 44.6 Å². The molecule has 2 bridgehead atoms. The summed E-state index contributed by atoms with van der Waals surface area (Å²) in [5.74, 6) is 0. The van der Waals surface area contributed by atoms with Crippen molar-refractivity contribution in [3.63, 3.8) is 0 Å². The Morgan fingerprint density at radius 3 is 2.14 bits per heavy atom. The smallest absolute Gasteiger partial charge is 0.0664 e. The molecule has 14 heavy (non-hydrogen) atoms. The molecule has 82 valence electrons. The Balaban J connectivity index is 1.94. The van der Waals surface area contributed by atoms with Gasteiger partial charge in [-0.3, -0.25) is 4.90 Å². The summed E-state index contributed by atoms with van der Waals surface area (Å²) in [5.41, 5.74) is 0. The summed E-state index contributed by atoms with van der Waals surface area (Å²) in [7, 11) is 0.